The number of rotatable bonds is 6. The van der Waals surface area contributed by atoms with Crippen LogP contribution in [-0.2, 0) is 4.79 Å². The van der Waals surface area contributed by atoms with Gasteiger partial charge in [-0.3, -0.25) is 14.4 Å². The van der Waals surface area contributed by atoms with Gasteiger partial charge in [0.1, 0.15) is 6.29 Å². The van der Waals surface area contributed by atoms with Crippen LogP contribution < -0.4 is 0 Å². The van der Waals surface area contributed by atoms with Gasteiger partial charge in [0.15, 0.2) is 23.6 Å². The molecule has 0 fully saturated rings. The number of Topliss-reactive ketones (excluding diaryl/α,β-unsaturated/α-hetero) is 1. The molecule has 2 aromatic rings. The Morgan fingerprint density at radius 2 is 1.86 bits per heavy atom. The van der Waals surface area contributed by atoms with E-state index in [1.165, 1.54) is 6.07 Å². The Labute approximate surface area is 120 Å². The Balaban J connectivity index is 2.46. The van der Waals surface area contributed by atoms with E-state index < -0.39 is 11.6 Å². The second kappa shape index (κ2) is 6.09. The molecule has 5 nitrogen and oxygen atoms in total. The van der Waals surface area contributed by atoms with E-state index in [0.29, 0.717) is 18.1 Å². The highest BCUT2D eigenvalue weighted by Crippen LogP contribution is 2.21. The summed E-state index contributed by atoms with van der Waals surface area (Å²) in [5.41, 5.74) is 1.20. The number of carbonyl (C=O) groups excluding carboxylic acids is 4. The molecule has 0 N–H and O–H groups in total. The van der Waals surface area contributed by atoms with E-state index >= 15 is 0 Å². The van der Waals surface area contributed by atoms with E-state index in [9.17, 15) is 19.2 Å². The van der Waals surface area contributed by atoms with Crippen LogP contribution >= 0.6 is 0 Å². The Hall–Kier alpha value is -2.82. The Morgan fingerprint density at radius 3 is 2.48 bits per heavy atom. The van der Waals surface area contributed by atoms with Gasteiger partial charge >= 0.3 is 0 Å². The molecule has 0 spiro atoms. The smallest absolute Gasteiger partial charge is 0.205 e. The average molecular weight is 284 g/mol. The lowest BCUT2D eigenvalue weighted by molar-refractivity contribution is -0.107. The SMILES string of the molecule is Cc1ccccc1C(=O)c1cc(C(=O)CC=O)oc1C=O. The third-order valence-electron chi connectivity index (χ3n) is 3.05. The molecule has 0 amide bonds. The Kier molecular flexibility index (Phi) is 4.23. The lowest BCUT2D eigenvalue weighted by Crippen LogP contribution is -2.04. The van der Waals surface area contributed by atoms with Crippen LogP contribution in [0.15, 0.2) is 34.7 Å². The van der Waals surface area contributed by atoms with E-state index in [0.717, 1.165) is 5.56 Å². The zero-order chi connectivity index (χ0) is 15.4. The monoisotopic (exact) mass is 284 g/mol. The van der Waals surface area contributed by atoms with Crippen molar-refractivity contribution < 1.29 is 23.6 Å². The summed E-state index contributed by atoms with van der Waals surface area (Å²) in [4.78, 5) is 45.4. The molecule has 0 aliphatic carbocycles. The van der Waals surface area contributed by atoms with Crippen molar-refractivity contribution in [3.05, 3.63) is 58.5 Å². The normalized spacial score (nSPS) is 10.1. The van der Waals surface area contributed by atoms with Crippen molar-refractivity contribution in [1.82, 2.24) is 0 Å². The van der Waals surface area contributed by atoms with Gasteiger partial charge < -0.3 is 9.21 Å². The van der Waals surface area contributed by atoms with Crippen LogP contribution in [0.3, 0.4) is 0 Å². The third kappa shape index (κ3) is 2.86. The van der Waals surface area contributed by atoms with Gasteiger partial charge in [0.05, 0.1) is 12.0 Å². The van der Waals surface area contributed by atoms with Crippen LogP contribution in [0.5, 0.6) is 0 Å². The first kappa shape index (κ1) is 14.6. The summed E-state index contributed by atoms with van der Waals surface area (Å²) in [7, 11) is 0. The van der Waals surface area contributed by atoms with Crippen LogP contribution in [0, 0.1) is 6.92 Å². The quantitative estimate of drug-likeness (QED) is 0.462. The molecule has 0 radical (unpaired) electrons. The van der Waals surface area contributed by atoms with Crippen LogP contribution in [-0.4, -0.2) is 24.1 Å². The average Bonchev–Trinajstić information content (AvgIpc) is 2.91. The third-order valence-corrected chi connectivity index (χ3v) is 3.05. The van der Waals surface area contributed by atoms with E-state index in [4.69, 9.17) is 4.42 Å². The summed E-state index contributed by atoms with van der Waals surface area (Å²) in [6.45, 7) is 1.77. The number of aldehydes is 2. The highest BCUT2D eigenvalue weighted by atomic mass is 16.4. The predicted molar refractivity (Wildman–Crippen MR) is 73.7 cm³/mol. The van der Waals surface area contributed by atoms with E-state index in [1.54, 1.807) is 31.2 Å². The van der Waals surface area contributed by atoms with E-state index in [1.807, 2.05) is 0 Å². The first-order chi connectivity index (χ1) is 10.1. The lowest BCUT2D eigenvalue weighted by Gasteiger charge is -2.02. The highest BCUT2D eigenvalue weighted by molar-refractivity contribution is 6.14. The van der Waals surface area contributed by atoms with Crippen molar-refractivity contribution in [2.24, 2.45) is 0 Å². The van der Waals surface area contributed by atoms with E-state index in [2.05, 4.69) is 0 Å². The van der Waals surface area contributed by atoms with Gasteiger partial charge in [-0.1, -0.05) is 24.3 Å². The Morgan fingerprint density at radius 1 is 1.14 bits per heavy atom. The summed E-state index contributed by atoms with van der Waals surface area (Å²) >= 11 is 0. The molecule has 1 heterocycles. The van der Waals surface area contributed by atoms with Crippen molar-refractivity contribution in [3.63, 3.8) is 0 Å². The molecule has 1 aromatic heterocycles. The standard InChI is InChI=1S/C16H12O5/c1-10-4-2-3-5-11(10)16(20)12-8-14(13(19)6-7-17)21-15(12)9-18/h2-5,7-9H,6H2,1H3. The van der Waals surface area contributed by atoms with Gasteiger partial charge in [-0.15, -0.1) is 0 Å². The van der Waals surface area contributed by atoms with Gasteiger partial charge in [0.2, 0.25) is 5.78 Å². The molecule has 0 aliphatic rings. The summed E-state index contributed by atoms with van der Waals surface area (Å²) in [5, 5.41) is 0. The molecule has 0 saturated carbocycles. The topological polar surface area (TPSA) is 81.4 Å². The number of aryl methyl sites for hydroxylation is 1. The number of furan rings is 1. The number of ketones is 2. The van der Waals surface area contributed by atoms with Gasteiger partial charge in [-0.25, -0.2) is 0 Å². The summed E-state index contributed by atoms with van der Waals surface area (Å²) in [5.74, 6) is -1.35. The largest absolute Gasteiger partial charge is 0.449 e. The van der Waals surface area contributed by atoms with Crippen molar-refractivity contribution in [2.75, 3.05) is 0 Å². The first-order valence-corrected chi connectivity index (χ1v) is 6.24. The molecule has 0 atom stereocenters. The maximum atomic E-state index is 12.4. The number of benzene rings is 1. The maximum absolute atomic E-state index is 12.4. The number of hydrogen-bond donors (Lipinski definition) is 0. The molecular weight excluding hydrogens is 272 g/mol. The van der Waals surface area contributed by atoms with Crippen LogP contribution in [0.2, 0.25) is 0 Å². The number of hydrogen-bond acceptors (Lipinski definition) is 5. The zero-order valence-corrected chi connectivity index (χ0v) is 11.3. The number of carbonyl (C=O) groups is 4. The molecule has 0 bridgehead atoms. The van der Waals surface area contributed by atoms with Crippen molar-refractivity contribution in [1.29, 1.82) is 0 Å². The molecule has 21 heavy (non-hydrogen) atoms. The minimum absolute atomic E-state index is 0.0218. The fourth-order valence-electron chi connectivity index (χ4n) is 1.96. The van der Waals surface area contributed by atoms with Gasteiger partial charge in [0, 0.05) is 5.56 Å². The summed E-state index contributed by atoms with van der Waals surface area (Å²) in [6.07, 6.45) is 0.460. The zero-order valence-electron chi connectivity index (χ0n) is 11.3. The Bertz CT molecular complexity index is 724. The highest BCUT2D eigenvalue weighted by Gasteiger charge is 2.22. The fraction of sp³-hybridized carbons (Fsp3) is 0.125. The maximum Gasteiger partial charge on any atom is 0.205 e. The molecule has 2 rings (SSSR count). The fourth-order valence-corrected chi connectivity index (χ4v) is 1.96. The predicted octanol–water partition coefficient (Wildman–Crippen LogP) is 2.40. The summed E-state index contributed by atoms with van der Waals surface area (Å²) < 4.78 is 5.06. The minimum Gasteiger partial charge on any atom is -0.449 e. The van der Waals surface area contributed by atoms with Crippen molar-refractivity contribution >= 4 is 24.1 Å². The molecule has 0 saturated heterocycles. The molecule has 5 heteroatoms. The van der Waals surface area contributed by atoms with Crippen LogP contribution in [0.25, 0.3) is 0 Å². The van der Waals surface area contributed by atoms with Crippen molar-refractivity contribution in [2.45, 2.75) is 13.3 Å². The van der Waals surface area contributed by atoms with Gasteiger partial charge in [-0.05, 0) is 18.6 Å². The van der Waals surface area contributed by atoms with Crippen molar-refractivity contribution in [3.8, 4) is 0 Å². The van der Waals surface area contributed by atoms with Gasteiger partial charge in [-0.2, -0.15) is 0 Å². The first-order valence-electron chi connectivity index (χ1n) is 6.24. The summed E-state index contributed by atoms with van der Waals surface area (Å²) in [6, 6.07) is 8.11. The molecular formula is C16H12O5. The van der Waals surface area contributed by atoms with E-state index in [-0.39, 0.29) is 23.5 Å². The second-order valence-corrected chi connectivity index (χ2v) is 4.44. The minimum atomic E-state index is -0.572. The second-order valence-electron chi connectivity index (χ2n) is 4.44. The van der Waals surface area contributed by atoms with Crippen LogP contribution in [0.4, 0.5) is 0 Å². The lowest BCUT2D eigenvalue weighted by atomic mass is 9.99. The molecule has 0 aliphatic heterocycles. The molecule has 106 valence electrons. The molecule has 1 aromatic carbocycles. The van der Waals surface area contributed by atoms with Gasteiger partial charge in [0.25, 0.3) is 0 Å². The molecule has 0 unspecified atom stereocenters. The van der Waals surface area contributed by atoms with Crippen LogP contribution in [0.1, 0.15) is 49.0 Å².